The van der Waals surface area contributed by atoms with Crippen molar-refractivity contribution in [3.63, 3.8) is 0 Å². The Morgan fingerprint density at radius 3 is 2.89 bits per heavy atom. The second-order valence-corrected chi connectivity index (χ2v) is 7.14. The summed E-state index contributed by atoms with van der Waals surface area (Å²) in [4.78, 5) is 19.3. The van der Waals surface area contributed by atoms with Gasteiger partial charge in [0.1, 0.15) is 12.2 Å². The molecule has 0 spiro atoms. The van der Waals surface area contributed by atoms with Crippen molar-refractivity contribution in [1.82, 2.24) is 15.2 Å². The summed E-state index contributed by atoms with van der Waals surface area (Å²) < 4.78 is 10.6. The minimum Gasteiger partial charge on any atom is -0.475 e. The first kappa shape index (κ1) is 20.3. The van der Waals surface area contributed by atoms with Gasteiger partial charge in [-0.15, -0.1) is 0 Å². The van der Waals surface area contributed by atoms with Gasteiger partial charge in [0, 0.05) is 32.9 Å². The van der Waals surface area contributed by atoms with Crippen molar-refractivity contribution < 1.29 is 14.3 Å². The summed E-state index contributed by atoms with van der Waals surface area (Å²) in [5.74, 6) is 0.669. The Labute approximate surface area is 166 Å². The molecule has 28 heavy (non-hydrogen) atoms. The number of nitrogens with zero attached hydrogens (tertiary/aromatic N) is 2. The molecule has 0 radical (unpaired) electrons. The third-order valence-corrected chi connectivity index (χ3v) is 4.95. The van der Waals surface area contributed by atoms with Gasteiger partial charge in [0.25, 0.3) is 5.91 Å². The van der Waals surface area contributed by atoms with Crippen LogP contribution in [-0.2, 0) is 11.3 Å². The first-order valence-electron chi connectivity index (χ1n) is 9.87. The highest BCUT2D eigenvalue weighted by atomic mass is 16.5. The molecule has 1 atom stereocenters. The number of piperidine rings is 1. The number of amides is 1. The molecule has 0 bridgehead atoms. The Bertz CT molecular complexity index is 739. The smallest absolute Gasteiger partial charge is 0.256 e. The number of carbonyl (C=O) groups excluding carboxylic acids is 1. The van der Waals surface area contributed by atoms with Crippen LogP contribution in [0.5, 0.6) is 5.88 Å². The summed E-state index contributed by atoms with van der Waals surface area (Å²) in [6.45, 7) is 4.56. The van der Waals surface area contributed by atoms with E-state index in [0.29, 0.717) is 37.1 Å². The topological polar surface area (TPSA) is 63.7 Å². The SMILES string of the molecule is COCCOc1ncccc1C(=O)NCC1CCCN(Cc2ccccc2)C1. The maximum atomic E-state index is 12.6. The number of ether oxygens (including phenoxy) is 2. The lowest BCUT2D eigenvalue weighted by Gasteiger charge is -2.32. The van der Waals surface area contributed by atoms with Crippen LogP contribution >= 0.6 is 0 Å². The standard InChI is InChI=1S/C22H29N3O3/c1-27-13-14-28-22-20(10-5-11-23-22)21(26)24-15-19-9-6-12-25(17-19)16-18-7-3-2-4-8-18/h2-5,7-8,10-11,19H,6,9,12-17H2,1H3,(H,24,26). The van der Waals surface area contributed by atoms with Gasteiger partial charge >= 0.3 is 0 Å². The van der Waals surface area contributed by atoms with E-state index >= 15 is 0 Å². The number of hydrogen-bond acceptors (Lipinski definition) is 5. The number of benzene rings is 1. The van der Waals surface area contributed by atoms with Crippen molar-refractivity contribution in [1.29, 1.82) is 0 Å². The molecule has 2 aromatic rings. The maximum Gasteiger partial charge on any atom is 0.256 e. The largest absolute Gasteiger partial charge is 0.475 e. The van der Waals surface area contributed by atoms with E-state index in [-0.39, 0.29) is 5.91 Å². The van der Waals surface area contributed by atoms with Crippen LogP contribution in [0, 0.1) is 5.92 Å². The molecule has 150 valence electrons. The van der Waals surface area contributed by atoms with Crippen molar-refractivity contribution in [2.45, 2.75) is 19.4 Å². The minimum atomic E-state index is -0.138. The molecule has 3 rings (SSSR count). The number of likely N-dealkylation sites (tertiary alicyclic amines) is 1. The third kappa shape index (κ3) is 6.04. The highest BCUT2D eigenvalue weighted by Gasteiger charge is 2.21. The molecule has 2 heterocycles. The van der Waals surface area contributed by atoms with Crippen LogP contribution in [-0.4, -0.2) is 55.7 Å². The van der Waals surface area contributed by atoms with Crippen molar-refractivity contribution >= 4 is 5.91 Å². The number of aromatic nitrogens is 1. The number of pyridine rings is 1. The van der Waals surface area contributed by atoms with E-state index in [1.165, 1.54) is 5.56 Å². The summed E-state index contributed by atoms with van der Waals surface area (Å²) in [6, 6.07) is 14.0. The fourth-order valence-corrected chi connectivity index (χ4v) is 3.54. The van der Waals surface area contributed by atoms with Crippen molar-refractivity contribution in [3.05, 3.63) is 59.8 Å². The molecule has 1 amide bonds. The molecule has 1 unspecified atom stereocenters. The van der Waals surface area contributed by atoms with Gasteiger partial charge in [-0.05, 0) is 43.0 Å². The van der Waals surface area contributed by atoms with Crippen LogP contribution in [0.15, 0.2) is 48.7 Å². The van der Waals surface area contributed by atoms with E-state index in [1.807, 2.05) is 6.07 Å². The number of carbonyl (C=O) groups is 1. The lowest BCUT2D eigenvalue weighted by Crippen LogP contribution is -2.40. The quantitative estimate of drug-likeness (QED) is 0.675. The molecule has 6 nitrogen and oxygen atoms in total. The normalized spacial score (nSPS) is 17.2. The summed E-state index contributed by atoms with van der Waals surface area (Å²) in [5, 5.41) is 3.07. The second kappa shape index (κ2) is 10.8. The third-order valence-electron chi connectivity index (χ3n) is 4.95. The van der Waals surface area contributed by atoms with Crippen LogP contribution in [0.1, 0.15) is 28.8 Å². The van der Waals surface area contributed by atoms with E-state index < -0.39 is 0 Å². The molecular weight excluding hydrogens is 354 g/mol. The van der Waals surface area contributed by atoms with Crippen molar-refractivity contribution in [3.8, 4) is 5.88 Å². The molecule has 6 heteroatoms. The van der Waals surface area contributed by atoms with E-state index in [0.717, 1.165) is 32.5 Å². The van der Waals surface area contributed by atoms with Gasteiger partial charge in [0.2, 0.25) is 5.88 Å². The Balaban J connectivity index is 1.50. The van der Waals surface area contributed by atoms with E-state index in [1.54, 1.807) is 25.4 Å². The fourth-order valence-electron chi connectivity index (χ4n) is 3.54. The van der Waals surface area contributed by atoms with E-state index in [2.05, 4.69) is 39.5 Å². The molecule has 1 saturated heterocycles. The minimum absolute atomic E-state index is 0.138. The fraction of sp³-hybridized carbons (Fsp3) is 0.455. The highest BCUT2D eigenvalue weighted by molar-refractivity contribution is 5.96. The van der Waals surface area contributed by atoms with Gasteiger partial charge in [-0.1, -0.05) is 30.3 Å². The molecule has 1 aromatic carbocycles. The zero-order chi connectivity index (χ0) is 19.6. The van der Waals surface area contributed by atoms with Crippen LogP contribution in [0.3, 0.4) is 0 Å². The molecule has 1 aliphatic heterocycles. The Hall–Kier alpha value is -2.44. The number of hydrogen-bond donors (Lipinski definition) is 1. The number of nitrogens with one attached hydrogen (secondary N) is 1. The first-order valence-corrected chi connectivity index (χ1v) is 9.87. The van der Waals surface area contributed by atoms with Crippen molar-refractivity contribution in [2.75, 3.05) is 40.0 Å². The van der Waals surface area contributed by atoms with E-state index in [4.69, 9.17) is 9.47 Å². The molecular formula is C22H29N3O3. The second-order valence-electron chi connectivity index (χ2n) is 7.14. The molecule has 0 aliphatic carbocycles. The molecule has 1 aromatic heterocycles. The van der Waals surface area contributed by atoms with Crippen LogP contribution in [0.2, 0.25) is 0 Å². The zero-order valence-corrected chi connectivity index (χ0v) is 16.5. The van der Waals surface area contributed by atoms with Gasteiger partial charge in [-0.2, -0.15) is 0 Å². The van der Waals surface area contributed by atoms with Gasteiger partial charge < -0.3 is 14.8 Å². The monoisotopic (exact) mass is 383 g/mol. The summed E-state index contributed by atoms with van der Waals surface area (Å²) >= 11 is 0. The lowest BCUT2D eigenvalue weighted by molar-refractivity contribution is 0.0921. The van der Waals surface area contributed by atoms with Crippen LogP contribution < -0.4 is 10.1 Å². The van der Waals surface area contributed by atoms with Gasteiger partial charge in [-0.25, -0.2) is 4.98 Å². The number of rotatable bonds is 9. The summed E-state index contributed by atoms with van der Waals surface area (Å²) in [5.41, 5.74) is 1.80. The first-order chi connectivity index (χ1) is 13.8. The zero-order valence-electron chi connectivity index (χ0n) is 16.5. The Morgan fingerprint density at radius 1 is 1.21 bits per heavy atom. The molecule has 0 saturated carbocycles. The Kier molecular flexibility index (Phi) is 7.82. The average molecular weight is 383 g/mol. The van der Waals surface area contributed by atoms with Gasteiger partial charge in [0.15, 0.2) is 0 Å². The molecule has 1 aliphatic rings. The van der Waals surface area contributed by atoms with Crippen LogP contribution in [0.4, 0.5) is 0 Å². The maximum absolute atomic E-state index is 12.6. The summed E-state index contributed by atoms with van der Waals surface area (Å²) in [6.07, 6.45) is 3.92. The Morgan fingerprint density at radius 2 is 2.07 bits per heavy atom. The van der Waals surface area contributed by atoms with Crippen molar-refractivity contribution in [2.24, 2.45) is 5.92 Å². The lowest BCUT2D eigenvalue weighted by atomic mass is 9.97. The van der Waals surface area contributed by atoms with Gasteiger partial charge in [0.05, 0.1) is 6.61 Å². The predicted octanol–water partition coefficient (Wildman–Crippen LogP) is 2.75. The molecule has 1 N–H and O–H groups in total. The van der Waals surface area contributed by atoms with E-state index in [9.17, 15) is 4.79 Å². The predicted molar refractivity (Wildman–Crippen MR) is 108 cm³/mol. The highest BCUT2D eigenvalue weighted by Crippen LogP contribution is 2.19. The molecule has 1 fully saturated rings. The van der Waals surface area contributed by atoms with Gasteiger partial charge in [-0.3, -0.25) is 9.69 Å². The van der Waals surface area contributed by atoms with Crippen LogP contribution in [0.25, 0.3) is 0 Å². The average Bonchev–Trinajstić information content (AvgIpc) is 2.74. The number of methoxy groups -OCH3 is 1. The summed E-state index contributed by atoms with van der Waals surface area (Å²) in [7, 11) is 1.61.